The molecule has 0 saturated carbocycles. The fourth-order valence-electron chi connectivity index (χ4n) is 1.80. The molecule has 0 aliphatic carbocycles. The van der Waals surface area contributed by atoms with E-state index in [9.17, 15) is 0 Å². The third-order valence-electron chi connectivity index (χ3n) is 2.83. The first-order valence-electron chi connectivity index (χ1n) is 6.14. The third-order valence-corrected chi connectivity index (χ3v) is 4.44. The molecule has 20 heavy (non-hydrogen) atoms. The Morgan fingerprint density at radius 1 is 1.20 bits per heavy atom. The molecule has 0 radical (unpaired) electrons. The molecule has 2 aromatic rings. The van der Waals surface area contributed by atoms with Gasteiger partial charge in [-0.05, 0) is 46.7 Å². The number of rotatable bonds is 3. The summed E-state index contributed by atoms with van der Waals surface area (Å²) in [5.41, 5.74) is 1.79. The van der Waals surface area contributed by atoms with Crippen LogP contribution in [-0.2, 0) is 0 Å². The van der Waals surface area contributed by atoms with Gasteiger partial charge in [-0.3, -0.25) is 0 Å². The number of halogens is 3. The number of hydrogen-bond acceptors (Lipinski definition) is 3. The lowest BCUT2D eigenvalue weighted by Crippen LogP contribution is -2.06. The van der Waals surface area contributed by atoms with Crippen molar-refractivity contribution >= 4 is 51.6 Å². The highest BCUT2D eigenvalue weighted by atomic mass is 127. The molecule has 0 bridgehead atoms. The van der Waals surface area contributed by atoms with E-state index >= 15 is 0 Å². The first kappa shape index (κ1) is 15.8. The average Bonchev–Trinajstić information content (AvgIpc) is 2.39. The summed E-state index contributed by atoms with van der Waals surface area (Å²) in [7, 11) is 1.85. The maximum atomic E-state index is 6.24. The molecule has 1 aromatic heterocycles. The summed E-state index contributed by atoms with van der Waals surface area (Å²) in [5.74, 6) is 1.73. The van der Waals surface area contributed by atoms with Crippen LogP contribution in [0.1, 0.15) is 25.5 Å². The number of hydrogen-bond donors (Lipinski definition) is 1. The van der Waals surface area contributed by atoms with Gasteiger partial charge in [-0.15, -0.1) is 0 Å². The van der Waals surface area contributed by atoms with Crippen LogP contribution in [0, 0.1) is 3.57 Å². The normalized spacial score (nSPS) is 10.9. The number of benzene rings is 1. The van der Waals surface area contributed by atoms with Crippen molar-refractivity contribution < 1.29 is 0 Å². The second-order valence-electron chi connectivity index (χ2n) is 4.62. The van der Waals surface area contributed by atoms with E-state index in [1.807, 2.05) is 13.1 Å². The second-order valence-corrected chi connectivity index (χ2v) is 6.55. The van der Waals surface area contributed by atoms with E-state index in [4.69, 9.17) is 23.2 Å². The van der Waals surface area contributed by atoms with Crippen LogP contribution >= 0.6 is 45.8 Å². The van der Waals surface area contributed by atoms with Gasteiger partial charge in [0.2, 0.25) is 0 Å². The molecule has 0 amide bonds. The first-order chi connectivity index (χ1) is 9.43. The van der Waals surface area contributed by atoms with Crippen molar-refractivity contribution in [1.82, 2.24) is 9.97 Å². The van der Waals surface area contributed by atoms with Crippen LogP contribution in [0.25, 0.3) is 11.4 Å². The van der Waals surface area contributed by atoms with Crippen LogP contribution in [0.5, 0.6) is 0 Å². The van der Waals surface area contributed by atoms with Gasteiger partial charge in [0.15, 0.2) is 5.82 Å². The van der Waals surface area contributed by atoms with Crippen LogP contribution in [-0.4, -0.2) is 17.0 Å². The van der Waals surface area contributed by atoms with Gasteiger partial charge in [0.25, 0.3) is 0 Å². The predicted molar refractivity (Wildman–Crippen MR) is 93.8 cm³/mol. The number of nitrogens with one attached hydrogen (secondary N) is 1. The average molecular weight is 422 g/mol. The molecular formula is C14H14Cl2IN3. The van der Waals surface area contributed by atoms with Crippen molar-refractivity contribution in [3.8, 4) is 11.4 Å². The van der Waals surface area contributed by atoms with Gasteiger partial charge in [-0.1, -0.05) is 37.0 Å². The first-order valence-corrected chi connectivity index (χ1v) is 7.98. The van der Waals surface area contributed by atoms with E-state index in [1.54, 1.807) is 12.1 Å². The topological polar surface area (TPSA) is 37.8 Å². The minimum atomic E-state index is 0.307. The van der Waals surface area contributed by atoms with Crippen molar-refractivity contribution in [2.45, 2.75) is 19.8 Å². The maximum absolute atomic E-state index is 6.24. The molecule has 2 rings (SSSR count). The summed E-state index contributed by atoms with van der Waals surface area (Å²) < 4.78 is 1.04. The Morgan fingerprint density at radius 3 is 2.45 bits per heavy atom. The molecule has 0 aliphatic heterocycles. The lowest BCUT2D eigenvalue weighted by atomic mass is 10.1. The predicted octanol–water partition coefficient (Wildman–Crippen LogP) is 5.22. The van der Waals surface area contributed by atoms with Crippen molar-refractivity contribution in [2.75, 3.05) is 12.4 Å². The molecular weight excluding hydrogens is 408 g/mol. The largest absolute Gasteiger partial charge is 0.372 e. The quantitative estimate of drug-likeness (QED) is 0.690. The van der Waals surface area contributed by atoms with E-state index in [1.165, 1.54) is 0 Å². The smallest absolute Gasteiger partial charge is 0.163 e. The molecule has 0 spiro atoms. The number of nitrogens with zero attached hydrogens (tertiary/aromatic N) is 2. The molecule has 1 aromatic carbocycles. The van der Waals surface area contributed by atoms with Gasteiger partial charge in [0.05, 0.1) is 14.3 Å². The summed E-state index contributed by atoms with van der Waals surface area (Å²) in [6, 6.07) is 5.34. The summed E-state index contributed by atoms with van der Waals surface area (Å²) >= 11 is 14.4. The Bertz CT molecular complexity index is 645. The van der Waals surface area contributed by atoms with Gasteiger partial charge in [-0.25, -0.2) is 9.97 Å². The molecule has 1 N–H and O–H groups in total. The summed E-state index contributed by atoms with van der Waals surface area (Å²) in [6.45, 7) is 4.22. The highest BCUT2D eigenvalue weighted by molar-refractivity contribution is 14.1. The highest BCUT2D eigenvalue weighted by Gasteiger charge is 2.16. The van der Waals surface area contributed by atoms with Gasteiger partial charge in [0, 0.05) is 17.6 Å². The third kappa shape index (κ3) is 3.18. The Kier molecular flexibility index (Phi) is 5.09. The van der Waals surface area contributed by atoms with E-state index < -0.39 is 0 Å². The molecule has 0 unspecified atom stereocenters. The second kappa shape index (κ2) is 6.45. The van der Waals surface area contributed by atoms with Crippen LogP contribution in [0.2, 0.25) is 10.0 Å². The molecule has 0 atom stereocenters. The number of anilines is 1. The van der Waals surface area contributed by atoms with E-state index in [2.05, 4.69) is 51.7 Å². The zero-order valence-corrected chi connectivity index (χ0v) is 15.0. The van der Waals surface area contributed by atoms with Crippen molar-refractivity contribution in [3.63, 3.8) is 0 Å². The summed E-state index contributed by atoms with van der Waals surface area (Å²) in [4.78, 5) is 9.19. The molecule has 0 fully saturated rings. The molecule has 0 aliphatic rings. The Hall–Kier alpha value is -0.590. The standard InChI is InChI=1S/C14H14Cl2IN3/c1-7(2)12-11(17)14(18-3)20-13(19-12)9-5-4-8(15)6-10(9)16/h4-7H,1-3H3,(H,18,19,20). The van der Waals surface area contributed by atoms with Crippen molar-refractivity contribution in [1.29, 1.82) is 0 Å². The molecule has 0 saturated heterocycles. The minimum Gasteiger partial charge on any atom is -0.372 e. The Morgan fingerprint density at radius 2 is 1.90 bits per heavy atom. The number of aromatic nitrogens is 2. The van der Waals surface area contributed by atoms with Crippen molar-refractivity contribution in [2.24, 2.45) is 0 Å². The minimum absolute atomic E-state index is 0.307. The summed E-state index contributed by atoms with van der Waals surface area (Å²) in [5, 5.41) is 4.25. The van der Waals surface area contributed by atoms with Gasteiger partial charge >= 0.3 is 0 Å². The SMILES string of the molecule is CNc1nc(-c2ccc(Cl)cc2Cl)nc(C(C)C)c1I. The lowest BCUT2D eigenvalue weighted by Gasteiger charge is -2.14. The van der Waals surface area contributed by atoms with Crippen LogP contribution < -0.4 is 5.32 Å². The molecule has 1 heterocycles. The zero-order chi connectivity index (χ0) is 14.9. The van der Waals surface area contributed by atoms with Crippen LogP contribution in [0.4, 0.5) is 5.82 Å². The van der Waals surface area contributed by atoms with Crippen LogP contribution in [0.15, 0.2) is 18.2 Å². The molecule has 3 nitrogen and oxygen atoms in total. The van der Waals surface area contributed by atoms with E-state index in [0.29, 0.717) is 21.8 Å². The lowest BCUT2D eigenvalue weighted by molar-refractivity contribution is 0.809. The van der Waals surface area contributed by atoms with E-state index in [0.717, 1.165) is 20.6 Å². The fraction of sp³-hybridized carbons (Fsp3) is 0.286. The Balaban J connectivity index is 2.65. The van der Waals surface area contributed by atoms with Gasteiger partial charge < -0.3 is 5.32 Å². The van der Waals surface area contributed by atoms with E-state index in [-0.39, 0.29) is 0 Å². The van der Waals surface area contributed by atoms with Crippen molar-refractivity contribution in [3.05, 3.63) is 37.5 Å². The van der Waals surface area contributed by atoms with Crippen LogP contribution in [0.3, 0.4) is 0 Å². The molecule has 106 valence electrons. The maximum Gasteiger partial charge on any atom is 0.163 e. The molecule has 6 heteroatoms. The van der Waals surface area contributed by atoms with Gasteiger partial charge in [-0.2, -0.15) is 0 Å². The zero-order valence-electron chi connectivity index (χ0n) is 11.3. The monoisotopic (exact) mass is 421 g/mol. The summed E-state index contributed by atoms with van der Waals surface area (Å²) in [6.07, 6.45) is 0. The highest BCUT2D eigenvalue weighted by Crippen LogP contribution is 2.32. The van der Waals surface area contributed by atoms with Gasteiger partial charge in [0.1, 0.15) is 5.82 Å². The Labute approximate surface area is 142 Å². The fourth-order valence-corrected chi connectivity index (χ4v) is 3.43.